The number of amides is 2. The molecule has 0 spiro atoms. The van der Waals surface area contributed by atoms with Crippen LogP contribution in [0.5, 0.6) is 0 Å². The van der Waals surface area contributed by atoms with Crippen LogP contribution in [0.3, 0.4) is 0 Å². The van der Waals surface area contributed by atoms with E-state index in [-0.39, 0.29) is 37.7 Å². The van der Waals surface area contributed by atoms with Crippen LogP contribution in [0.25, 0.3) is 0 Å². The summed E-state index contributed by atoms with van der Waals surface area (Å²) in [6, 6.07) is 9.93. The maximum Gasteiger partial charge on any atom is 0.242 e. The van der Waals surface area contributed by atoms with E-state index in [1.54, 1.807) is 25.1 Å². The first kappa shape index (κ1) is 29.9. The molecule has 2 amide bonds. The first-order valence-corrected chi connectivity index (χ1v) is 14.5. The van der Waals surface area contributed by atoms with Gasteiger partial charge >= 0.3 is 0 Å². The average molecular weight is 557 g/mol. The van der Waals surface area contributed by atoms with Gasteiger partial charge in [-0.05, 0) is 62.9 Å². The highest BCUT2D eigenvalue weighted by atomic mass is 35.5. The largest absolute Gasteiger partial charge is 0.354 e. The molecule has 198 valence electrons. The van der Waals surface area contributed by atoms with Crippen molar-refractivity contribution in [1.29, 1.82) is 0 Å². The van der Waals surface area contributed by atoms with Gasteiger partial charge < -0.3 is 10.2 Å². The molecule has 0 fully saturated rings. The van der Waals surface area contributed by atoms with E-state index in [4.69, 9.17) is 23.2 Å². The lowest BCUT2D eigenvalue weighted by Crippen LogP contribution is -2.48. The molecular formula is C26H35Cl2N3O4S. The number of benzene rings is 2. The Kier molecular flexibility index (Phi) is 11.1. The van der Waals surface area contributed by atoms with Gasteiger partial charge in [0, 0.05) is 41.7 Å². The van der Waals surface area contributed by atoms with E-state index in [0.29, 0.717) is 27.8 Å². The number of anilines is 1. The number of nitrogens with zero attached hydrogens (tertiary/aromatic N) is 2. The fourth-order valence-electron chi connectivity index (χ4n) is 3.80. The third-order valence-electron chi connectivity index (χ3n) is 5.89. The summed E-state index contributed by atoms with van der Waals surface area (Å²) in [7, 11) is -3.57. The number of carbonyl (C=O) groups is 2. The van der Waals surface area contributed by atoms with Gasteiger partial charge in [-0.15, -0.1) is 0 Å². The fourth-order valence-corrected chi connectivity index (χ4v) is 5.33. The molecule has 0 saturated carbocycles. The summed E-state index contributed by atoms with van der Waals surface area (Å²) in [4.78, 5) is 27.5. The van der Waals surface area contributed by atoms with Crippen LogP contribution < -0.4 is 9.62 Å². The van der Waals surface area contributed by atoms with Crippen LogP contribution in [0.15, 0.2) is 36.4 Å². The molecule has 2 aromatic rings. The van der Waals surface area contributed by atoms with E-state index in [9.17, 15) is 18.0 Å². The second-order valence-electron chi connectivity index (χ2n) is 8.92. The molecule has 0 aliphatic carbocycles. The molecule has 0 bridgehead atoms. The highest BCUT2D eigenvalue weighted by molar-refractivity contribution is 7.92. The van der Waals surface area contributed by atoms with Gasteiger partial charge in [0.25, 0.3) is 0 Å². The first-order valence-electron chi connectivity index (χ1n) is 11.9. The van der Waals surface area contributed by atoms with Crippen LogP contribution in [0.2, 0.25) is 10.0 Å². The minimum atomic E-state index is -3.57. The summed E-state index contributed by atoms with van der Waals surface area (Å²) in [5.74, 6) is -0.568. The van der Waals surface area contributed by atoms with E-state index in [0.717, 1.165) is 23.8 Å². The molecule has 0 heterocycles. The summed E-state index contributed by atoms with van der Waals surface area (Å²) in [5, 5.41) is 3.63. The maximum atomic E-state index is 13.4. The average Bonchev–Trinajstić information content (AvgIpc) is 2.80. The lowest BCUT2D eigenvalue weighted by atomic mass is 10.1. The number of hydrogen-bond donors (Lipinski definition) is 1. The van der Waals surface area contributed by atoms with E-state index in [1.165, 1.54) is 9.21 Å². The Morgan fingerprint density at radius 1 is 1.08 bits per heavy atom. The molecule has 0 radical (unpaired) electrons. The molecule has 2 aromatic carbocycles. The Balaban J connectivity index is 2.24. The van der Waals surface area contributed by atoms with Crippen molar-refractivity contribution in [3.8, 4) is 0 Å². The van der Waals surface area contributed by atoms with E-state index in [2.05, 4.69) is 5.32 Å². The van der Waals surface area contributed by atoms with Gasteiger partial charge in [-0.25, -0.2) is 8.42 Å². The van der Waals surface area contributed by atoms with Gasteiger partial charge in [0.2, 0.25) is 21.8 Å². The molecule has 0 aromatic heterocycles. The van der Waals surface area contributed by atoms with E-state index < -0.39 is 16.1 Å². The molecule has 1 N–H and O–H groups in total. The van der Waals surface area contributed by atoms with Crippen molar-refractivity contribution in [3.63, 3.8) is 0 Å². The second kappa shape index (κ2) is 13.3. The van der Waals surface area contributed by atoms with Gasteiger partial charge in [-0.3, -0.25) is 13.9 Å². The SMILES string of the molecule is CCCNC(=O)C(C)N(Cc1c(Cl)cccc1Cl)C(=O)CCCN(c1cc(C)ccc1C)S(C)(=O)=O. The monoisotopic (exact) mass is 555 g/mol. The predicted octanol–water partition coefficient (Wildman–Crippen LogP) is 5.10. The van der Waals surface area contributed by atoms with Crippen molar-refractivity contribution in [3.05, 3.63) is 63.1 Å². The highest BCUT2D eigenvalue weighted by Crippen LogP contribution is 2.28. The van der Waals surface area contributed by atoms with Crippen LogP contribution in [0.1, 0.15) is 49.8 Å². The molecule has 1 atom stereocenters. The summed E-state index contributed by atoms with van der Waals surface area (Å²) >= 11 is 12.7. The molecular weight excluding hydrogens is 521 g/mol. The van der Waals surface area contributed by atoms with E-state index in [1.807, 2.05) is 39.0 Å². The molecule has 0 aliphatic rings. The minimum absolute atomic E-state index is 0.0460. The Morgan fingerprint density at radius 2 is 1.72 bits per heavy atom. The molecule has 0 saturated heterocycles. The molecule has 10 heteroatoms. The lowest BCUT2D eigenvalue weighted by Gasteiger charge is -2.30. The summed E-state index contributed by atoms with van der Waals surface area (Å²) in [5.41, 5.74) is 2.91. The van der Waals surface area contributed by atoms with Crippen molar-refractivity contribution in [2.75, 3.05) is 23.7 Å². The smallest absolute Gasteiger partial charge is 0.242 e. The lowest BCUT2D eigenvalue weighted by molar-refractivity contribution is -0.140. The maximum absolute atomic E-state index is 13.4. The van der Waals surface area contributed by atoms with Crippen LogP contribution in [-0.4, -0.2) is 50.5 Å². The van der Waals surface area contributed by atoms with Crippen molar-refractivity contribution < 1.29 is 18.0 Å². The first-order chi connectivity index (χ1) is 16.9. The summed E-state index contributed by atoms with van der Waals surface area (Å²) in [6.07, 6.45) is 2.24. The molecule has 1 unspecified atom stereocenters. The molecule has 7 nitrogen and oxygen atoms in total. The third kappa shape index (κ3) is 8.11. The standard InChI is InChI=1S/C26H35Cl2N3O4S/c1-6-14-29-26(33)20(4)30(17-21-22(27)9-7-10-23(21)28)25(32)11-8-15-31(36(5,34)35)24-16-18(2)12-13-19(24)3/h7,9-10,12-13,16,20H,6,8,11,14-15,17H2,1-5H3,(H,29,33). The zero-order valence-electron chi connectivity index (χ0n) is 21.5. The molecule has 2 rings (SSSR count). The third-order valence-corrected chi connectivity index (χ3v) is 7.78. The minimum Gasteiger partial charge on any atom is -0.354 e. The van der Waals surface area contributed by atoms with E-state index >= 15 is 0 Å². The predicted molar refractivity (Wildman–Crippen MR) is 147 cm³/mol. The Hall–Kier alpha value is -2.29. The van der Waals surface area contributed by atoms with Crippen LogP contribution in [0.4, 0.5) is 5.69 Å². The zero-order valence-corrected chi connectivity index (χ0v) is 23.8. The van der Waals surface area contributed by atoms with Gasteiger partial charge in [-0.1, -0.05) is 48.3 Å². The van der Waals surface area contributed by atoms with Crippen LogP contribution in [-0.2, 0) is 26.2 Å². The number of halogens is 2. The summed E-state index contributed by atoms with van der Waals surface area (Å²) < 4.78 is 26.5. The van der Waals surface area contributed by atoms with Crippen molar-refractivity contribution in [1.82, 2.24) is 10.2 Å². The Labute approximate surface area is 224 Å². The van der Waals surface area contributed by atoms with Gasteiger partial charge in [0.15, 0.2) is 0 Å². The Morgan fingerprint density at radius 3 is 2.31 bits per heavy atom. The second-order valence-corrected chi connectivity index (χ2v) is 11.6. The van der Waals surface area contributed by atoms with Crippen molar-refractivity contribution in [2.24, 2.45) is 0 Å². The van der Waals surface area contributed by atoms with Crippen LogP contribution >= 0.6 is 23.2 Å². The fraction of sp³-hybridized carbons (Fsp3) is 0.462. The number of rotatable bonds is 12. The molecule has 0 aliphatic heterocycles. The highest BCUT2D eigenvalue weighted by Gasteiger charge is 2.28. The molecule has 36 heavy (non-hydrogen) atoms. The van der Waals surface area contributed by atoms with Gasteiger partial charge in [0.05, 0.1) is 11.9 Å². The quantitative estimate of drug-likeness (QED) is 0.394. The number of nitrogens with one attached hydrogen (secondary N) is 1. The van der Waals surface area contributed by atoms with Crippen molar-refractivity contribution >= 4 is 50.7 Å². The topological polar surface area (TPSA) is 86.8 Å². The number of hydrogen-bond acceptors (Lipinski definition) is 4. The van der Waals surface area contributed by atoms with Crippen molar-refractivity contribution in [2.45, 2.75) is 59.5 Å². The number of aryl methyl sites for hydroxylation is 2. The normalized spacial score (nSPS) is 12.2. The number of carbonyl (C=O) groups excluding carboxylic acids is 2. The number of sulfonamides is 1. The Bertz CT molecular complexity index is 1170. The van der Waals surface area contributed by atoms with Gasteiger partial charge in [0.1, 0.15) is 6.04 Å². The van der Waals surface area contributed by atoms with Crippen LogP contribution in [0, 0.1) is 13.8 Å². The zero-order chi connectivity index (χ0) is 27.0. The van der Waals surface area contributed by atoms with Gasteiger partial charge in [-0.2, -0.15) is 0 Å². The summed E-state index contributed by atoms with van der Waals surface area (Å²) in [6.45, 7) is 8.04.